The van der Waals surface area contributed by atoms with Gasteiger partial charge in [0.2, 0.25) is 5.91 Å². The van der Waals surface area contributed by atoms with Crippen molar-refractivity contribution in [3.05, 3.63) is 0 Å². The number of amides is 1. The second-order valence-electron chi connectivity index (χ2n) is 4.83. The number of Topliss-reactive ketones (excluding diaryl/α,β-unsaturated/α-hetero) is 1. The van der Waals surface area contributed by atoms with Gasteiger partial charge in [-0.1, -0.05) is 26.7 Å². The van der Waals surface area contributed by atoms with Crippen LogP contribution in [0, 0.1) is 5.92 Å². The molecule has 0 spiro atoms. The van der Waals surface area contributed by atoms with Crippen LogP contribution < -0.4 is 5.32 Å². The molecule has 0 radical (unpaired) electrons. The first-order valence-corrected chi connectivity index (χ1v) is 6.52. The van der Waals surface area contributed by atoms with Crippen molar-refractivity contribution in [3.8, 4) is 0 Å². The third-order valence-corrected chi connectivity index (χ3v) is 3.04. The van der Waals surface area contributed by atoms with Crippen molar-refractivity contribution < 1.29 is 19.1 Å². The van der Waals surface area contributed by atoms with Crippen molar-refractivity contribution >= 4 is 17.7 Å². The monoisotopic (exact) mass is 255 g/mol. The van der Waals surface area contributed by atoms with Gasteiger partial charge in [-0.2, -0.15) is 0 Å². The summed E-state index contributed by atoms with van der Waals surface area (Å²) in [6, 6.07) is -0.596. The Labute approximate surface area is 107 Å². The molecule has 0 aromatic rings. The minimum Gasteiger partial charge on any atom is -0.464 e. The number of hydrogen-bond acceptors (Lipinski definition) is 4. The van der Waals surface area contributed by atoms with Crippen LogP contribution in [0.2, 0.25) is 0 Å². The Balaban J connectivity index is 2.28. The molecule has 0 aliphatic carbocycles. The van der Waals surface area contributed by atoms with Crippen LogP contribution in [-0.2, 0) is 19.1 Å². The zero-order chi connectivity index (χ0) is 13.5. The van der Waals surface area contributed by atoms with Gasteiger partial charge in [0.1, 0.15) is 11.8 Å². The van der Waals surface area contributed by atoms with Gasteiger partial charge in [-0.25, -0.2) is 4.79 Å². The first kappa shape index (κ1) is 14.7. The van der Waals surface area contributed by atoms with Gasteiger partial charge >= 0.3 is 5.97 Å². The third-order valence-electron chi connectivity index (χ3n) is 3.04. The average molecular weight is 255 g/mol. The van der Waals surface area contributed by atoms with Gasteiger partial charge in [0, 0.05) is 12.3 Å². The van der Waals surface area contributed by atoms with Gasteiger partial charge in [0.15, 0.2) is 0 Å². The fourth-order valence-corrected chi connectivity index (χ4v) is 1.90. The summed E-state index contributed by atoms with van der Waals surface area (Å²) in [5.41, 5.74) is 0. The summed E-state index contributed by atoms with van der Waals surface area (Å²) in [7, 11) is 0. The summed E-state index contributed by atoms with van der Waals surface area (Å²) in [4.78, 5) is 34.4. The highest BCUT2D eigenvalue weighted by Crippen LogP contribution is 2.14. The molecular weight excluding hydrogens is 234 g/mol. The van der Waals surface area contributed by atoms with E-state index in [2.05, 4.69) is 12.2 Å². The van der Waals surface area contributed by atoms with Gasteiger partial charge in [-0.05, 0) is 6.42 Å². The molecule has 0 aromatic carbocycles. The van der Waals surface area contributed by atoms with Gasteiger partial charge in [0.25, 0.3) is 0 Å². The van der Waals surface area contributed by atoms with Gasteiger partial charge in [0.05, 0.1) is 13.0 Å². The Morgan fingerprint density at radius 2 is 2.11 bits per heavy atom. The number of rotatable bonds is 7. The highest BCUT2D eigenvalue weighted by molar-refractivity contribution is 5.99. The normalized spacial score (nSPS) is 22.7. The summed E-state index contributed by atoms with van der Waals surface area (Å²) in [5, 5.41) is 2.57. The molecule has 5 nitrogen and oxygen atoms in total. The molecule has 1 fully saturated rings. The van der Waals surface area contributed by atoms with Crippen LogP contribution in [0.1, 0.15) is 46.0 Å². The predicted octanol–water partition coefficient (Wildman–Crippen LogP) is 1.20. The lowest BCUT2D eigenvalue weighted by Crippen LogP contribution is -2.42. The van der Waals surface area contributed by atoms with E-state index in [1.54, 1.807) is 0 Å². The molecule has 1 aliphatic heterocycles. The summed E-state index contributed by atoms with van der Waals surface area (Å²) in [5.74, 6) is -0.891. The smallest absolute Gasteiger partial charge is 0.329 e. The number of ketones is 1. The summed E-state index contributed by atoms with van der Waals surface area (Å²) < 4.78 is 4.82. The maximum absolute atomic E-state index is 11.6. The van der Waals surface area contributed by atoms with E-state index in [1.807, 2.05) is 6.92 Å². The lowest BCUT2D eigenvalue weighted by atomic mass is 10.1. The van der Waals surface area contributed by atoms with E-state index in [0.717, 1.165) is 19.3 Å². The zero-order valence-corrected chi connectivity index (χ0v) is 11.0. The van der Waals surface area contributed by atoms with Crippen molar-refractivity contribution in [2.24, 2.45) is 5.92 Å². The molecule has 0 bridgehead atoms. The van der Waals surface area contributed by atoms with Crippen molar-refractivity contribution in [2.75, 3.05) is 6.61 Å². The number of nitrogens with one attached hydrogen (secondary N) is 1. The number of unbranched alkanes of at least 4 members (excludes halogenated alkanes) is 2. The molecule has 0 aromatic heterocycles. The molecule has 1 saturated heterocycles. The van der Waals surface area contributed by atoms with E-state index >= 15 is 0 Å². The molecule has 1 aliphatic rings. The highest BCUT2D eigenvalue weighted by atomic mass is 16.5. The topological polar surface area (TPSA) is 72.5 Å². The van der Waals surface area contributed by atoms with Gasteiger partial charge < -0.3 is 10.1 Å². The number of cyclic esters (lactones) is 1. The standard InChI is InChI=1S/C13H21NO4/c1-3-4-5-6-10(15)7-11(16)14-12-9(2)8-18-13(12)17/h9,12H,3-8H2,1-2H3,(H,14,16)/t9-,12-/m1/s1. The highest BCUT2D eigenvalue weighted by Gasteiger charge is 2.35. The lowest BCUT2D eigenvalue weighted by molar-refractivity contribution is -0.142. The maximum atomic E-state index is 11.6. The van der Waals surface area contributed by atoms with Crippen molar-refractivity contribution in [3.63, 3.8) is 0 Å². The number of carbonyl (C=O) groups excluding carboxylic acids is 3. The Morgan fingerprint density at radius 3 is 2.67 bits per heavy atom. The van der Waals surface area contributed by atoms with Crippen LogP contribution in [0.3, 0.4) is 0 Å². The fraction of sp³-hybridized carbons (Fsp3) is 0.769. The molecule has 18 heavy (non-hydrogen) atoms. The minimum atomic E-state index is -0.596. The molecule has 0 unspecified atom stereocenters. The van der Waals surface area contributed by atoms with Crippen LogP contribution in [0.5, 0.6) is 0 Å². The third kappa shape index (κ3) is 4.47. The number of esters is 1. The van der Waals surface area contributed by atoms with Gasteiger partial charge in [-0.3, -0.25) is 9.59 Å². The Hall–Kier alpha value is -1.39. The quantitative estimate of drug-likeness (QED) is 0.421. The molecule has 1 N–H and O–H groups in total. The molecule has 5 heteroatoms. The Morgan fingerprint density at radius 1 is 1.39 bits per heavy atom. The SMILES string of the molecule is CCCCCC(=O)CC(=O)N[C@H]1C(=O)OC[C@H]1C. The summed E-state index contributed by atoms with van der Waals surface area (Å²) >= 11 is 0. The summed E-state index contributed by atoms with van der Waals surface area (Å²) in [6.07, 6.45) is 3.17. The Bertz CT molecular complexity index is 327. The van der Waals surface area contributed by atoms with Crippen LogP contribution in [0.25, 0.3) is 0 Å². The molecule has 2 atom stereocenters. The summed E-state index contributed by atoms with van der Waals surface area (Å²) in [6.45, 7) is 4.22. The van der Waals surface area contributed by atoms with Crippen LogP contribution in [0.15, 0.2) is 0 Å². The molecular formula is C13H21NO4. The minimum absolute atomic E-state index is 0.0309. The van der Waals surface area contributed by atoms with E-state index in [1.165, 1.54) is 0 Å². The van der Waals surface area contributed by atoms with E-state index in [4.69, 9.17) is 4.74 Å². The number of ether oxygens (including phenoxy) is 1. The second kappa shape index (κ2) is 7.13. The maximum Gasteiger partial charge on any atom is 0.329 e. The largest absolute Gasteiger partial charge is 0.464 e. The van der Waals surface area contributed by atoms with Crippen LogP contribution in [-0.4, -0.2) is 30.3 Å². The molecule has 1 heterocycles. The molecule has 1 amide bonds. The molecule has 1 rings (SSSR count). The molecule has 102 valence electrons. The average Bonchev–Trinajstić information content (AvgIpc) is 2.61. The van der Waals surface area contributed by atoms with E-state index in [0.29, 0.717) is 13.0 Å². The molecule has 0 saturated carbocycles. The van der Waals surface area contributed by atoms with E-state index in [9.17, 15) is 14.4 Å². The second-order valence-corrected chi connectivity index (χ2v) is 4.83. The van der Waals surface area contributed by atoms with E-state index < -0.39 is 12.0 Å². The predicted molar refractivity (Wildman–Crippen MR) is 65.8 cm³/mol. The van der Waals surface area contributed by atoms with E-state index in [-0.39, 0.29) is 24.0 Å². The van der Waals surface area contributed by atoms with Crippen molar-refractivity contribution in [1.82, 2.24) is 5.32 Å². The first-order valence-electron chi connectivity index (χ1n) is 6.52. The lowest BCUT2D eigenvalue weighted by Gasteiger charge is -2.12. The first-order chi connectivity index (χ1) is 8.54. The van der Waals surface area contributed by atoms with Crippen LogP contribution >= 0.6 is 0 Å². The van der Waals surface area contributed by atoms with Crippen LogP contribution in [0.4, 0.5) is 0 Å². The van der Waals surface area contributed by atoms with Crippen molar-refractivity contribution in [2.45, 2.75) is 52.0 Å². The number of carbonyl (C=O) groups is 3. The zero-order valence-electron chi connectivity index (χ0n) is 11.0. The fourth-order valence-electron chi connectivity index (χ4n) is 1.90. The van der Waals surface area contributed by atoms with Crippen molar-refractivity contribution in [1.29, 1.82) is 0 Å². The number of hydrogen-bond donors (Lipinski definition) is 1. The Kier molecular flexibility index (Phi) is 5.82. The van der Waals surface area contributed by atoms with Gasteiger partial charge in [-0.15, -0.1) is 0 Å².